The van der Waals surface area contributed by atoms with E-state index < -0.39 is 10.0 Å². The van der Waals surface area contributed by atoms with E-state index in [1.54, 1.807) is 26.2 Å². The summed E-state index contributed by atoms with van der Waals surface area (Å²) < 4.78 is 27.1. The third-order valence-corrected chi connectivity index (χ3v) is 6.79. The minimum atomic E-state index is -3.51. The second-order valence-electron chi connectivity index (χ2n) is 7.29. The van der Waals surface area contributed by atoms with Crippen LogP contribution in [0, 0.1) is 0 Å². The maximum atomic E-state index is 12.8. The van der Waals surface area contributed by atoms with E-state index in [0.29, 0.717) is 31.1 Å². The van der Waals surface area contributed by atoms with Gasteiger partial charge >= 0.3 is 0 Å². The average Bonchev–Trinajstić information content (AvgIpc) is 2.67. The van der Waals surface area contributed by atoms with E-state index in [0.717, 1.165) is 23.3 Å². The van der Waals surface area contributed by atoms with Crippen LogP contribution < -0.4 is 10.2 Å². The van der Waals surface area contributed by atoms with Crippen molar-refractivity contribution in [1.29, 1.82) is 0 Å². The predicted octanol–water partition coefficient (Wildman–Crippen LogP) is -1.27. The Labute approximate surface area is 167 Å². The highest BCUT2D eigenvalue weighted by molar-refractivity contribution is 7.89. The van der Waals surface area contributed by atoms with Gasteiger partial charge in [-0.25, -0.2) is 8.42 Å². The van der Waals surface area contributed by atoms with E-state index in [2.05, 4.69) is 12.2 Å². The lowest BCUT2D eigenvalue weighted by atomic mass is 10.1. The van der Waals surface area contributed by atoms with Crippen molar-refractivity contribution in [2.24, 2.45) is 0 Å². The predicted molar refractivity (Wildman–Crippen MR) is 106 cm³/mol. The first kappa shape index (κ1) is 22.3. The highest BCUT2D eigenvalue weighted by atomic mass is 32.2. The molecular weight excluding hydrogens is 380 g/mol. The van der Waals surface area contributed by atoms with Crippen LogP contribution in [0.3, 0.4) is 0 Å². The highest BCUT2D eigenvalue weighted by Crippen LogP contribution is 2.17. The number of piperazine rings is 1. The van der Waals surface area contributed by atoms with Crippen molar-refractivity contribution in [1.82, 2.24) is 14.5 Å². The molecule has 2 N–H and O–H groups in total. The summed E-state index contributed by atoms with van der Waals surface area (Å²) in [6.45, 7) is 4.17. The standard InChI is InChI=1S/C19H30N4O4S/c1-4-5-16-6-8-17(9-7-16)28(26,27)23-12-10-22(11-13-23)15-18(24)20-14-19(25)21(2)3/h6-9H,4-5,10-15H2,1-3H3,(H,20,24)/p+1. The van der Waals surface area contributed by atoms with Crippen molar-refractivity contribution >= 4 is 21.8 Å². The molecule has 0 aliphatic carbocycles. The van der Waals surface area contributed by atoms with Gasteiger partial charge in [0.25, 0.3) is 5.91 Å². The second-order valence-corrected chi connectivity index (χ2v) is 9.23. The van der Waals surface area contributed by atoms with E-state index in [-0.39, 0.29) is 24.9 Å². The molecule has 0 saturated carbocycles. The van der Waals surface area contributed by atoms with Crippen LogP contribution in [-0.2, 0) is 26.0 Å². The van der Waals surface area contributed by atoms with E-state index in [9.17, 15) is 18.0 Å². The molecule has 156 valence electrons. The van der Waals surface area contributed by atoms with E-state index in [1.807, 2.05) is 12.1 Å². The van der Waals surface area contributed by atoms with Gasteiger partial charge in [0, 0.05) is 14.1 Å². The number of nitrogens with one attached hydrogen (secondary N) is 2. The number of sulfonamides is 1. The first-order valence-corrected chi connectivity index (χ1v) is 11.1. The second kappa shape index (κ2) is 9.99. The first-order valence-electron chi connectivity index (χ1n) is 9.63. The third-order valence-electron chi connectivity index (χ3n) is 4.88. The Hall–Kier alpha value is -1.97. The van der Waals surface area contributed by atoms with E-state index >= 15 is 0 Å². The van der Waals surface area contributed by atoms with Crippen molar-refractivity contribution < 1.29 is 22.9 Å². The third kappa shape index (κ3) is 6.02. The van der Waals surface area contributed by atoms with Gasteiger partial charge < -0.3 is 15.1 Å². The number of aryl methyl sites for hydroxylation is 1. The fourth-order valence-electron chi connectivity index (χ4n) is 3.11. The Morgan fingerprint density at radius 2 is 1.75 bits per heavy atom. The topological polar surface area (TPSA) is 91.2 Å². The fourth-order valence-corrected chi connectivity index (χ4v) is 4.55. The van der Waals surface area contributed by atoms with E-state index in [1.165, 1.54) is 9.21 Å². The number of quaternary nitrogens is 1. The lowest BCUT2D eigenvalue weighted by Gasteiger charge is -2.31. The number of rotatable bonds is 8. The molecule has 1 aliphatic heterocycles. The van der Waals surface area contributed by atoms with Gasteiger partial charge in [0.2, 0.25) is 15.9 Å². The monoisotopic (exact) mass is 411 g/mol. The largest absolute Gasteiger partial charge is 0.347 e. The summed E-state index contributed by atoms with van der Waals surface area (Å²) in [5, 5.41) is 2.61. The summed E-state index contributed by atoms with van der Waals surface area (Å²) in [4.78, 5) is 26.3. The van der Waals surface area contributed by atoms with Crippen molar-refractivity contribution in [2.45, 2.75) is 24.7 Å². The van der Waals surface area contributed by atoms with Gasteiger partial charge in [0.1, 0.15) is 0 Å². The number of carbonyl (C=O) groups excluding carboxylic acids is 2. The quantitative estimate of drug-likeness (QED) is 0.558. The van der Waals surface area contributed by atoms with Gasteiger partial charge in [-0.05, 0) is 24.1 Å². The Balaban J connectivity index is 1.85. The lowest BCUT2D eigenvalue weighted by molar-refractivity contribution is -0.895. The molecule has 2 rings (SSSR count). The van der Waals surface area contributed by atoms with Crippen LogP contribution >= 0.6 is 0 Å². The molecule has 1 fully saturated rings. The average molecular weight is 412 g/mol. The number of amides is 2. The Morgan fingerprint density at radius 1 is 1.14 bits per heavy atom. The van der Waals surface area contributed by atoms with Crippen LogP contribution in [0.15, 0.2) is 29.2 Å². The molecule has 0 radical (unpaired) electrons. The summed E-state index contributed by atoms with van der Waals surface area (Å²) in [5.74, 6) is -0.364. The molecule has 0 atom stereocenters. The molecule has 0 aromatic heterocycles. The molecule has 28 heavy (non-hydrogen) atoms. The molecule has 1 aromatic rings. The van der Waals surface area contributed by atoms with Gasteiger partial charge in [0.05, 0.1) is 37.6 Å². The van der Waals surface area contributed by atoms with Gasteiger partial charge in [-0.15, -0.1) is 0 Å². The Bertz CT molecular complexity index is 770. The summed E-state index contributed by atoms with van der Waals surface area (Å²) in [6.07, 6.45) is 1.96. The van der Waals surface area contributed by atoms with Crippen LogP contribution in [0.5, 0.6) is 0 Å². The molecule has 8 nitrogen and oxygen atoms in total. The van der Waals surface area contributed by atoms with Crippen LogP contribution in [0.2, 0.25) is 0 Å². The van der Waals surface area contributed by atoms with Gasteiger partial charge in [0.15, 0.2) is 6.54 Å². The molecule has 2 amide bonds. The molecule has 0 spiro atoms. The normalized spacial score (nSPS) is 16.0. The van der Waals surface area contributed by atoms with Gasteiger partial charge in [-0.2, -0.15) is 4.31 Å². The number of benzene rings is 1. The molecule has 1 heterocycles. The number of nitrogens with zero attached hydrogens (tertiary/aromatic N) is 2. The van der Waals surface area contributed by atoms with Crippen molar-refractivity contribution in [3.63, 3.8) is 0 Å². The molecule has 1 aliphatic rings. The van der Waals surface area contributed by atoms with Gasteiger partial charge in [-0.3, -0.25) is 9.59 Å². The minimum absolute atomic E-state index is 0.0202. The molecule has 1 aromatic carbocycles. The van der Waals surface area contributed by atoms with Crippen molar-refractivity contribution in [3.05, 3.63) is 29.8 Å². The maximum Gasteiger partial charge on any atom is 0.275 e. The zero-order chi connectivity index (χ0) is 20.7. The summed E-state index contributed by atoms with van der Waals surface area (Å²) in [5.41, 5.74) is 1.13. The Kier molecular flexibility index (Phi) is 7.97. The smallest absolute Gasteiger partial charge is 0.275 e. The number of hydrogen-bond donors (Lipinski definition) is 2. The first-order chi connectivity index (χ1) is 13.2. The summed E-state index contributed by atoms with van der Waals surface area (Å²) in [6, 6.07) is 7.10. The van der Waals surface area contributed by atoms with Crippen molar-refractivity contribution in [2.75, 3.05) is 53.4 Å². The van der Waals surface area contributed by atoms with Crippen molar-refractivity contribution in [3.8, 4) is 0 Å². The van der Waals surface area contributed by atoms with Crippen LogP contribution in [-0.4, -0.2) is 82.8 Å². The van der Waals surface area contributed by atoms with Crippen LogP contribution in [0.4, 0.5) is 0 Å². The van der Waals surface area contributed by atoms with Crippen LogP contribution in [0.1, 0.15) is 18.9 Å². The number of likely N-dealkylation sites (N-methyl/N-ethyl adjacent to an activating group) is 1. The summed E-state index contributed by atoms with van der Waals surface area (Å²) in [7, 11) is -0.236. The maximum absolute atomic E-state index is 12.8. The molecule has 0 unspecified atom stereocenters. The number of carbonyl (C=O) groups is 2. The van der Waals surface area contributed by atoms with E-state index in [4.69, 9.17) is 0 Å². The fraction of sp³-hybridized carbons (Fsp3) is 0.579. The lowest BCUT2D eigenvalue weighted by Crippen LogP contribution is -3.15. The van der Waals surface area contributed by atoms with Crippen LogP contribution in [0.25, 0.3) is 0 Å². The zero-order valence-electron chi connectivity index (χ0n) is 16.9. The summed E-state index contributed by atoms with van der Waals surface area (Å²) >= 11 is 0. The molecular formula is C19H31N4O4S+. The Morgan fingerprint density at radius 3 is 2.29 bits per heavy atom. The molecule has 0 bridgehead atoms. The molecule has 9 heteroatoms. The molecule has 1 saturated heterocycles. The SMILES string of the molecule is CCCc1ccc(S(=O)(=O)N2CC[NH+](CC(=O)NCC(=O)N(C)C)CC2)cc1. The minimum Gasteiger partial charge on any atom is -0.347 e. The number of hydrogen-bond acceptors (Lipinski definition) is 4. The zero-order valence-corrected chi connectivity index (χ0v) is 17.7. The van der Waals surface area contributed by atoms with Gasteiger partial charge in [-0.1, -0.05) is 25.5 Å². The highest BCUT2D eigenvalue weighted by Gasteiger charge is 2.31.